The van der Waals surface area contributed by atoms with Gasteiger partial charge in [-0.25, -0.2) is 13.4 Å². The van der Waals surface area contributed by atoms with E-state index < -0.39 is 10.0 Å². The number of hydrogen-bond acceptors (Lipinski definition) is 4. The van der Waals surface area contributed by atoms with Crippen LogP contribution in [-0.2, 0) is 29.7 Å². The van der Waals surface area contributed by atoms with Crippen LogP contribution >= 0.6 is 0 Å². The average molecular weight is 295 g/mol. The van der Waals surface area contributed by atoms with Crippen LogP contribution in [0.25, 0.3) is 0 Å². The van der Waals surface area contributed by atoms with E-state index >= 15 is 0 Å². The molecule has 0 bridgehead atoms. The molecule has 0 amide bonds. The summed E-state index contributed by atoms with van der Waals surface area (Å²) >= 11 is 0. The van der Waals surface area contributed by atoms with Crippen LogP contribution in [0.1, 0.15) is 5.82 Å². The van der Waals surface area contributed by atoms with Crippen molar-refractivity contribution in [2.75, 3.05) is 12.8 Å². The summed E-state index contributed by atoms with van der Waals surface area (Å²) in [6.07, 6.45) is 8.48. The first kappa shape index (κ1) is 13.3. The summed E-state index contributed by atoms with van der Waals surface area (Å²) < 4.78 is 29.1. The van der Waals surface area contributed by atoms with Crippen LogP contribution in [0.2, 0.25) is 0 Å². The fraction of sp³-hybridized carbons (Fsp3) is 0.500. The second kappa shape index (κ2) is 5.02. The van der Waals surface area contributed by atoms with E-state index in [0.717, 1.165) is 12.4 Å². The van der Waals surface area contributed by atoms with Gasteiger partial charge in [-0.2, -0.15) is 9.40 Å². The number of nitrogens with zero attached hydrogens (tertiary/aromatic N) is 5. The van der Waals surface area contributed by atoms with Crippen LogP contribution in [0, 0.1) is 5.92 Å². The lowest BCUT2D eigenvalue weighted by molar-refractivity contribution is 0.304. The molecule has 0 aromatic carbocycles. The van der Waals surface area contributed by atoms with Crippen molar-refractivity contribution in [3.05, 3.63) is 36.7 Å². The molecule has 2 aromatic heterocycles. The summed E-state index contributed by atoms with van der Waals surface area (Å²) in [5, 5.41) is 4.20. The zero-order valence-electron chi connectivity index (χ0n) is 11.3. The van der Waals surface area contributed by atoms with Crippen LogP contribution in [-0.4, -0.2) is 44.9 Å². The maximum Gasteiger partial charge on any atom is 0.211 e. The summed E-state index contributed by atoms with van der Waals surface area (Å²) in [4.78, 5) is 4.25. The van der Waals surface area contributed by atoms with Gasteiger partial charge in [0.15, 0.2) is 0 Å². The molecule has 1 aliphatic rings. The van der Waals surface area contributed by atoms with Crippen molar-refractivity contribution in [1.82, 2.24) is 23.6 Å². The van der Waals surface area contributed by atoms with Crippen molar-refractivity contribution < 1.29 is 8.42 Å². The van der Waals surface area contributed by atoms with Crippen molar-refractivity contribution in [2.45, 2.75) is 19.6 Å². The lowest BCUT2D eigenvalue weighted by Crippen LogP contribution is -2.34. The molecule has 7 nitrogen and oxygen atoms in total. The normalized spacial score (nSPS) is 20.6. The summed E-state index contributed by atoms with van der Waals surface area (Å²) in [6.45, 7) is 2.27. The predicted octanol–water partition coefficient (Wildman–Crippen LogP) is 0.171. The van der Waals surface area contributed by atoms with Gasteiger partial charge in [0.1, 0.15) is 5.82 Å². The lowest BCUT2D eigenvalue weighted by Gasteiger charge is -2.21. The van der Waals surface area contributed by atoms with Gasteiger partial charge in [-0.05, 0) is 6.07 Å². The Bertz CT molecular complexity index is 677. The highest BCUT2D eigenvalue weighted by molar-refractivity contribution is 7.88. The lowest BCUT2D eigenvalue weighted by atomic mass is 10.1. The monoisotopic (exact) mass is 295 g/mol. The minimum Gasteiger partial charge on any atom is -0.333 e. The standard InChI is InChI=1S/C12H17N5O2S/c1-20(18,19)17-9-11(8-16-5-2-3-14-16)7-15-6-4-13-12(15)10-17/h2-6,11H,7-10H2,1H3. The molecule has 1 unspecified atom stereocenters. The van der Waals surface area contributed by atoms with E-state index in [4.69, 9.17) is 0 Å². The second-order valence-corrected chi connectivity index (χ2v) is 7.13. The van der Waals surface area contributed by atoms with E-state index in [0.29, 0.717) is 19.6 Å². The number of hydrogen-bond donors (Lipinski definition) is 0. The van der Waals surface area contributed by atoms with Crippen LogP contribution < -0.4 is 0 Å². The van der Waals surface area contributed by atoms with Gasteiger partial charge in [0, 0.05) is 50.3 Å². The van der Waals surface area contributed by atoms with Gasteiger partial charge >= 0.3 is 0 Å². The largest absolute Gasteiger partial charge is 0.333 e. The molecular weight excluding hydrogens is 278 g/mol. The zero-order chi connectivity index (χ0) is 14.2. The first-order chi connectivity index (χ1) is 9.52. The molecule has 0 saturated heterocycles. The molecule has 0 saturated carbocycles. The predicted molar refractivity (Wildman–Crippen MR) is 73.2 cm³/mol. The Labute approximate surface area is 117 Å². The quantitative estimate of drug-likeness (QED) is 0.809. The topological polar surface area (TPSA) is 73.0 Å². The molecule has 0 aliphatic carbocycles. The summed E-state index contributed by atoms with van der Waals surface area (Å²) in [5.41, 5.74) is 0. The van der Waals surface area contributed by atoms with E-state index in [9.17, 15) is 8.42 Å². The maximum atomic E-state index is 11.9. The van der Waals surface area contributed by atoms with Gasteiger partial charge in [0.25, 0.3) is 0 Å². The molecule has 3 rings (SSSR count). The molecule has 0 N–H and O–H groups in total. The first-order valence-corrected chi connectivity index (χ1v) is 8.30. The molecular formula is C12H17N5O2S. The van der Waals surface area contributed by atoms with Gasteiger partial charge in [-0.15, -0.1) is 0 Å². The molecule has 20 heavy (non-hydrogen) atoms. The summed E-state index contributed by atoms with van der Waals surface area (Å²) in [5.74, 6) is 0.957. The van der Waals surface area contributed by atoms with Crippen LogP contribution in [0.15, 0.2) is 30.9 Å². The molecule has 8 heteroatoms. The molecule has 1 atom stereocenters. The highest BCUT2D eigenvalue weighted by atomic mass is 32.2. The fourth-order valence-corrected chi connectivity index (χ4v) is 3.38. The Morgan fingerprint density at radius 3 is 2.85 bits per heavy atom. The molecule has 3 heterocycles. The Hall–Kier alpha value is -1.67. The second-order valence-electron chi connectivity index (χ2n) is 5.15. The highest BCUT2D eigenvalue weighted by Crippen LogP contribution is 2.18. The number of aromatic nitrogens is 4. The smallest absolute Gasteiger partial charge is 0.211 e. The molecule has 0 spiro atoms. The van der Waals surface area contributed by atoms with Crippen molar-refractivity contribution in [2.24, 2.45) is 5.92 Å². The number of sulfonamides is 1. The van der Waals surface area contributed by atoms with Crippen LogP contribution in [0.3, 0.4) is 0 Å². The highest BCUT2D eigenvalue weighted by Gasteiger charge is 2.27. The Balaban J connectivity index is 1.87. The minimum absolute atomic E-state index is 0.167. The average Bonchev–Trinajstić information content (AvgIpc) is 2.97. The van der Waals surface area contributed by atoms with Crippen molar-refractivity contribution in [3.8, 4) is 0 Å². The first-order valence-electron chi connectivity index (χ1n) is 6.45. The van der Waals surface area contributed by atoms with Gasteiger partial charge in [-0.1, -0.05) is 0 Å². The van der Waals surface area contributed by atoms with E-state index in [1.807, 2.05) is 27.7 Å². The van der Waals surface area contributed by atoms with Crippen molar-refractivity contribution in [3.63, 3.8) is 0 Å². The van der Waals surface area contributed by atoms with E-state index in [-0.39, 0.29) is 5.92 Å². The number of imidazole rings is 1. The van der Waals surface area contributed by atoms with Gasteiger partial charge < -0.3 is 4.57 Å². The molecule has 0 fully saturated rings. The number of rotatable bonds is 3. The molecule has 2 aromatic rings. The molecule has 1 aliphatic heterocycles. The molecule has 108 valence electrons. The van der Waals surface area contributed by atoms with E-state index in [1.54, 1.807) is 12.4 Å². The van der Waals surface area contributed by atoms with Crippen molar-refractivity contribution >= 4 is 10.0 Å². The minimum atomic E-state index is -3.23. The number of fused-ring (bicyclic) bond motifs is 1. The summed E-state index contributed by atoms with van der Waals surface area (Å²) in [6, 6.07) is 1.87. The van der Waals surface area contributed by atoms with Crippen LogP contribution in [0.4, 0.5) is 0 Å². The summed E-state index contributed by atoms with van der Waals surface area (Å²) in [7, 11) is -3.23. The van der Waals surface area contributed by atoms with Gasteiger partial charge in [0.2, 0.25) is 10.0 Å². The third kappa shape index (κ3) is 2.75. The van der Waals surface area contributed by atoms with Gasteiger partial charge in [-0.3, -0.25) is 4.68 Å². The fourth-order valence-electron chi connectivity index (χ4n) is 2.55. The molecule has 0 radical (unpaired) electrons. The SMILES string of the molecule is CS(=O)(=O)N1Cc2nccn2CC(Cn2cccn2)C1. The maximum absolute atomic E-state index is 11.9. The Kier molecular flexibility index (Phi) is 3.35. The zero-order valence-corrected chi connectivity index (χ0v) is 12.1. The Morgan fingerprint density at radius 2 is 2.15 bits per heavy atom. The third-order valence-electron chi connectivity index (χ3n) is 3.51. The third-order valence-corrected chi connectivity index (χ3v) is 4.73. The van der Waals surface area contributed by atoms with Crippen molar-refractivity contribution in [1.29, 1.82) is 0 Å². The van der Waals surface area contributed by atoms with E-state index in [2.05, 4.69) is 10.1 Å². The van der Waals surface area contributed by atoms with Crippen LogP contribution in [0.5, 0.6) is 0 Å². The van der Waals surface area contributed by atoms with E-state index in [1.165, 1.54) is 10.6 Å². The Morgan fingerprint density at radius 1 is 1.30 bits per heavy atom. The van der Waals surface area contributed by atoms with Gasteiger partial charge in [0.05, 0.1) is 12.8 Å².